The molecule has 0 saturated carbocycles. The van der Waals surface area contributed by atoms with Gasteiger partial charge in [-0.05, 0) is 48.4 Å². The molecule has 152 valence electrons. The van der Waals surface area contributed by atoms with E-state index in [1.54, 1.807) is 13.2 Å². The highest BCUT2D eigenvalue weighted by molar-refractivity contribution is 14.0. The van der Waals surface area contributed by atoms with Crippen molar-refractivity contribution in [1.29, 1.82) is 0 Å². The zero-order chi connectivity index (χ0) is 19.2. The molecule has 1 aliphatic rings. The SMILES string of the molecule is COc1cc(CCN=C(N)N2CCN(c3ccc(Cl)cc3)CC2)ccc1O.I. The van der Waals surface area contributed by atoms with E-state index in [1.807, 2.05) is 36.4 Å². The Morgan fingerprint density at radius 3 is 2.46 bits per heavy atom. The number of hydrogen-bond donors (Lipinski definition) is 2. The summed E-state index contributed by atoms with van der Waals surface area (Å²) >= 11 is 5.95. The first-order valence-corrected chi connectivity index (χ1v) is 9.36. The molecule has 0 atom stereocenters. The molecule has 2 aromatic carbocycles. The van der Waals surface area contributed by atoms with Crippen LogP contribution in [0, 0.1) is 0 Å². The third kappa shape index (κ3) is 5.81. The summed E-state index contributed by atoms with van der Waals surface area (Å²) in [7, 11) is 1.54. The van der Waals surface area contributed by atoms with Crippen LogP contribution in [0.25, 0.3) is 0 Å². The Bertz CT molecular complexity index is 793. The van der Waals surface area contributed by atoms with E-state index in [-0.39, 0.29) is 29.7 Å². The van der Waals surface area contributed by atoms with E-state index in [9.17, 15) is 5.11 Å². The fourth-order valence-corrected chi connectivity index (χ4v) is 3.25. The van der Waals surface area contributed by atoms with E-state index in [2.05, 4.69) is 14.8 Å². The number of ether oxygens (including phenoxy) is 1. The van der Waals surface area contributed by atoms with Crippen LogP contribution in [0.2, 0.25) is 5.02 Å². The van der Waals surface area contributed by atoms with Crippen LogP contribution in [0.1, 0.15) is 5.56 Å². The predicted octanol–water partition coefficient (Wildman–Crippen LogP) is 3.35. The van der Waals surface area contributed by atoms with Gasteiger partial charge in [-0.1, -0.05) is 17.7 Å². The standard InChI is InChI=1S/C20H25ClN4O2.HI/c1-27-19-14-15(2-7-18(19)26)8-9-23-20(22)25-12-10-24(11-13-25)17-5-3-16(21)4-6-17;/h2-7,14,26H,8-13H2,1H3,(H2,22,23);1H. The quantitative estimate of drug-likeness (QED) is 0.362. The number of phenolic OH excluding ortho intramolecular Hbond substituents is 1. The molecule has 1 heterocycles. The number of rotatable bonds is 5. The Labute approximate surface area is 188 Å². The highest BCUT2D eigenvalue weighted by Crippen LogP contribution is 2.26. The van der Waals surface area contributed by atoms with E-state index in [0.717, 1.165) is 43.2 Å². The smallest absolute Gasteiger partial charge is 0.191 e. The molecule has 0 spiro atoms. The van der Waals surface area contributed by atoms with E-state index >= 15 is 0 Å². The molecular weight excluding hydrogens is 491 g/mol. The number of halogens is 2. The summed E-state index contributed by atoms with van der Waals surface area (Å²) in [6.07, 6.45) is 0.738. The van der Waals surface area contributed by atoms with Crippen molar-refractivity contribution in [3.05, 3.63) is 53.1 Å². The van der Waals surface area contributed by atoms with Crippen molar-refractivity contribution in [1.82, 2.24) is 4.90 Å². The highest BCUT2D eigenvalue weighted by atomic mass is 127. The van der Waals surface area contributed by atoms with Crippen molar-refractivity contribution in [3.63, 3.8) is 0 Å². The molecule has 3 N–H and O–H groups in total. The number of aromatic hydroxyl groups is 1. The molecule has 0 aliphatic carbocycles. The lowest BCUT2D eigenvalue weighted by Crippen LogP contribution is -2.51. The Morgan fingerprint density at radius 1 is 1.14 bits per heavy atom. The number of guanidine groups is 1. The maximum absolute atomic E-state index is 9.65. The minimum atomic E-state index is 0. The topological polar surface area (TPSA) is 74.3 Å². The van der Waals surface area contributed by atoms with E-state index in [0.29, 0.717) is 18.3 Å². The number of nitrogens with two attached hydrogens (primary N) is 1. The van der Waals surface area contributed by atoms with Gasteiger partial charge in [0.15, 0.2) is 17.5 Å². The molecule has 0 aromatic heterocycles. The maximum atomic E-state index is 9.65. The van der Waals surface area contributed by atoms with Gasteiger partial charge in [0.1, 0.15) is 0 Å². The van der Waals surface area contributed by atoms with Crippen LogP contribution < -0.4 is 15.4 Å². The molecule has 6 nitrogen and oxygen atoms in total. The number of methoxy groups -OCH3 is 1. The van der Waals surface area contributed by atoms with Crippen LogP contribution in [-0.4, -0.2) is 55.8 Å². The molecule has 1 fully saturated rings. The summed E-state index contributed by atoms with van der Waals surface area (Å²) in [5.74, 6) is 1.20. The maximum Gasteiger partial charge on any atom is 0.191 e. The van der Waals surface area contributed by atoms with Crippen molar-refractivity contribution in [2.75, 3.05) is 44.7 Å². The van der Waals surface area contributed by atoms with Crippen molar-refractivity contribution in [2.45, 2.75) is 6.42 Å². The third-order valence-corrected chi connectivity index (χ3v) is 4.97. The van der Waals surface area contributed by atoms with Crippen LogP contribution in [0.3, 0.4) is 0 Å². The van der Waals surface area contributed by atoms with Gasteiger partial charge in [-0.3, -0.25) is 4.99 Å². The summed E-state index contributed by atoms with van der Waals surface area (Å²) in [6.45, 7) is 4.06. The number of nitrogens with zero attached hydrogens (tertiary/aromatic N) is 3. The first-order valence-electron chi connectivity index (χ1n) is 8.98. The lowest BCUT2D eigenvalue weighted by atomic mass is 10.1. The summed E-state index contributed by atoms with van der Waals surface area (Å²) in [5, 5.41) is 10.4. The lowest BCUT2D eigenvalue weighted by Gasteiger charge is -2.36. The lowest BCUT2D eigenvalue weighted by molar-refractivity contribution is 0.373. The summed E-state index contributed by atoms with van der Waals surface area (Å²) in [4.78, 5) is 8.95. The second-order valence-corrected chi connectivity index (χ2v) is 6.88. The zero-order valence-corrected chi connectivity index (χ0v) is 18.9. The number of hydrogen-bond acceptors (Lipinski definition) is 4. The van der Waals surface area contributed by atoms with Crippen LogP contribution in [0.5, 0.6) is 11.5 Å². The van der Waals surface area contributed by atoms with Gasteiger partial charge < -0.3 is 25.4 Å². The first kappa shape index (κ1) is 22.4. The Balaban J connectivity index is 0.00000280. The molecule has 1 saturated heterocycles. The zero-order valence-electron chi connectivity index (χ0n) is 15.8. The molecule has 0 radical (unpaired) electrons. The molecule has 3 rings (SSSR count). The van der Waals surface area contributed by atoms with Crippen molar-refractivity contribution in [2.24, 2.45) is 10.7 Å². The Morgan fingerprint density at radius 2 is 1.82 bits per heavy atom. The van der Waals surface area contributed by atoms with Gasteiger partial charge in [-0.2, -0.15) is 0 Å². The summed E-state index contributed by atoms with van der Waals surface area (Å²) < 4.78 is 5.13. The normalized spacial score (nSPS) is 14.6. The van der Waals surface area contributed by atoms with Gasteiger partial charge in [0, 0.05) is 43.4 Å². The number of benzene rings is 2. The monoisotopic (exact) mass is 516 g/mol. The Kier molecular flexibility index (Phi) is 8.50. The van der Waals surface area contributed by atoms with Gasteiger partial charge in [0.2, 0.25) is 0 Å². The van der Waals surface area contributed by atoms with Crippen LogP contribution >= 0.6 is 35.6 Å². The second-order valence-electron chi connectivity index (χ2n) is 6.45. The second kappa shape index (κ2) is 10.6. The van der Waals surface area contributed by atoms with Crippen LogP contribution in [-0.2, 0) is 6.42 Å². The first-order chi connectivity index (χ1) is 13.1. The van der Waals surface area contributed by atoms with E-state index in [4.69, 9.17) is 22.1 Å². The van der Waals surface area contributed by atoms with E-state index in [1.165, 1.54) is 5.69 Å². The predicted molar refractivity (Wildman–Crippen MR) is 126 cm³/mol. The number of piperazine rings is 1. The third-order valence-electron chi connectivity index (χ3n) is 4.71. The minimum absolute atomic E-state index is 0. The molecule has 1 aliphatic heterocycles. The van der Waals surface area contributed by atoms with Gasteiger partial charge in [-0.25, -0.2) is 0 Å². The van der Waals surface area contributed by atoms with Crippen molar-refractivity contribution in [3.8, 4) is 11.5 Å². The van der Waals surface area contributed by atoms with Gasteiger partial charge >= 0.3 is 0 Å². The molecule has 28 heavy (non-hydrogen) atoms. The number of aliphatic imine (C=N–C) groups is 1. The van der Waals surface area contributed by atoms with Gasteiger partial charge in [0.25, 0.3) is 0 Å². The molecular formula is C20H26ClIN4O2. The average Bonchev–Trinajstić information content (AvgIpc) is 2.70. The molecule has 0 amide bonds. The van der Waals surface area contributed by atoms with E-state index < -0.39 is 0 Å². The largest absolute Gasteiger partial charge is 0.504 e. The average molecular weight is 517 g/mol. The summed E-state index contributed by atoms with van der Waals surface area (Å²) in [6, 6.07) is 13.2. The van der Waals surface area contributed by atoms with Crippen LogP contribution in [0.15, 0.2) is 47.5 Å². The fourth-order valence-electron chi connectivity index (χ4n) is 3.12. The fraction of sp³-hybridized carbons (Fsp3) is 0.350. The Hall–Kier alpha value is -1.87. The highest BCUT2D eigenvalue weighted by Gasteiger charge is 2.18. The molecule has 0 unspecified atom stereocenters. The molecule has 8 heteroatoms. The number of phenols is 1. The van der Waals surface area contributed by atoms with Gasteiger partial charge in [-0.15, -0.1) is 24.0 Å². The van der Waals surface area contributed by atoms with Crippen LogP contribution in [0.4, 0.5) is 5.69 Å². The number of anilines is 1. The van der Waals surface area contributed by atoms with Gasteiger partial charge in [0.05, 0.1) is 7.11 Å². The molecule has 2 aromatic rings. The molecule has 0 bridgehead atoms. The minimum Gasteiger partial charge on any atom is -0.504 e. The summed E-state index contributed by atoms with van der Waals surface area (Å²) in [5.41, 5.74) is 8.40. The van der Waals surface area contributed by atoms with Crippen molar-refractivity contribution >= 4 is 47.2 Å². The van der Waals surface area contributed by atoms with Crippen molar-refractivity contribution < 1.29 is 9.84 Å².